The molecule has 0 saturated carbocycles. The Morgan fingerprint density at radius 3 is 2.69 bits per heavy atom. The number of rotatable bonds is 14. The Morgan fingerprint density at radius 1 is 1.26 bits per heavy atom. The van der Waals surface area contributed by atoms with Gasteiger partial charge in [0.15, 0.2) is 0 Å². The highest BCUT2D eigenvalue weighted by Gasteiger charge is 2.45. The molecule has 35 heavy (non-hydrogen) atoms. The summed E-state index contributed by atoms with van der Waals surface area (Å²) in [4.78, 5) is 23.1. The molecule has 1 heterocycles. The van der Waals surface area contributed by atoms with E-state index in [2.05, 4.69) is 11.4 Å². The van der Waals surface area contributed by atoms with Gasteiger partial charge in [0.25, 0.3) is 0 Å². The van der Waals surface area contributed by atoms with Gasteiger partial charge in [0.05, 0.1) is 4.99 Å². The van der Waals surface area contributed by atoms with E-state index in [0.29, 0.717) is 6.42 Å². The van der Waals surface area contributed by atoms with Gasteiger partial charge in [-0.2, -0.15) is 0 Å². The molecule has 0 aromatic heterocycles. The molecule has 1 saturated heterocycles. The Kier molecular flexibility index (Phi) is 13.4. The van der Waals surface area contributed by atoms with E-state index in [1.165, 1.54) is 7.11 Å². The number of hydrogen-bond donors (Lipinski definition) is 2. The second-order valence-electron chi connectivity index (χ2n) is 8.05. The van der Waals surface area contributed by atoms with E-state index in [1.54, 1.807) is 0 Å². The largest absolute Gasteiger partial charge is 0.508 e. The van der Waals surface area contributed by atoms with Gasteiger partial charge in [-0.1, -0.05) is 54.7 Å². The summed E-state index contributed by atoms with van der Waals surface area (Å²) in [5.41, 5.74) is 0.836. The molecule has 1 aromatic rings. The van der Waals surface area contributed by atoms with Crippen LogP contribution >= 0.6 is 18.9 Å². The first-order valence-corrected chi connectivity index (χ1v) is 14.4. The molecule has 12 heteroatoms. The van der Waals surface area contributed by atoms with Crippen molar-refractivity contribution in [1.29, 1.82) is 0 Å². The lowest BCUT2D eigenvalue weighted by atomic mass is 9.82. The van der Waals surface area contributed by atoms with Crippen LogP contribution in [0.4, 0.5) is 4.79 Å². The average Bonchev–Trinajstić information content (AvgIpc) is 3.11. The lowest BCUT2D eigenvalue weighted by Gasteiger charge is -2.26. The van der Waals surface area contributed by atoms with Gasteiger partial charge in [0.2, 0.25) is 0 Å². The van der Waals surface area contributed by atoms with Crippen molar-refractivity contribution in [3.05, 3.63) is 48.0 Å². The third-order valence-electron chi connectivity index (χ3n) is 5.34. The van der Waals surface area contributed by atoms with Crippen LogP contribution in [0.25, 0.3) is 0 Å². The number of benzene rings is 1. The van der Waals surface area contributed by atoms with E-state index >= 15 is 0 Å². The highest BCUT2D eigenvalue weighted by atomic mass is 32.5. The Hall–Kier alpha value is -1.33. The summed E-state index contributed by atoms with van der Waals surface area (Å²) < 4.78 is 26.8. The van der Waals surface area contributed by atoms with Crippen LogP contribution in [0.15, 0.2) is 42.5 Å². The summed E-state index contributed by atoms with van der Waals surface area (Å²) >= 11 is 10.0. The van der Waals surface area contributed by atoms with E-state index in [1.807, 2.05) is 43.3 Å². The molecule has 0 amide bonds. The fraction of sp³-hybridized carbons (Fsp3) is 0.565. The molecule has 1 aliphatic heterocycles. The standard InChI is InChI=1S/C23H33BNO7PS2/c1-17(34)25-14-10-5-3-4-9-13-19-21(32-33(27,35)28-2)20(31-22(19)24)16-30-23(26)29-15-18-11-7-6-8-12-18/h4,6-9,11-12,19-22H,3,5,10,13-16H2,1-2H3,(H,25,34)(H,27,35)/b9-4+/t19?,20-,21-,22-,33?/m1/s1. The summed E-state index contributed by atoms with van der Waals surface area (Å²) in [5, 5.41) is 3.13. The van der Waals surface area contributed by atoms with Crippen LogP contribution in [0.3, 0.4) is 0 Å². The van der Waals surface area contributed by atoms with Crippen molar-refractivity contribution < 1.29 is 32.9 Å². The van der Waals surface area contributed by atoms with E-state index in [0.717, 1.165) is 36.4 Å². The molecule has 2 rings (SSSR count). The molecule has 1 aromatic carbocycles. The van der Waals surface area contributed by atoms with Crippen molar-refractivity contribution in [2.75, 3.05) is 20.3 Å². The number of nitrogens with one attached hydrogen (secondary N) is 1. The highest BCUT2D eigenvalue weighted by molar-refractivity contribution is 8.07. The number of carbonyl (C=O) groups excluding carboxylic acids is 1. The van der Waals surface area contributed by atoms with Gasteiger partial charge in [0.1, 0.15) is 33.3 Å². The molecular weight excluding hydrogens is 508 g/mol. The lowest BCUT2D eigenvalue weighted by Crippen LogP contribution is -2.33. The van der Waals surface area contributed by atoms with Gasteiger partial charge in [-0.05, 0) is 50.0 Å². The van der Waals surface area contributed by atoms with Crippen LogP contribution in [0, 0.1) is 5.92 Å². The third-order valence-corrected chi connectivity index (χ3v) is 7.16. The van der Waals surface area contributed by atoms with Crippen LogP contribution in [-0.2, 0) is 41.7 Å². The zero-order valence-electron chi connectivity index (χ0n) is 20.0. The molecule has 0 spiro atoms. The minimum Gasteiger partial charge on any atom is -0.431 e. The Bertz CT molecular complexity index is 877. The summed E-state index contributed by atoms with van der Waals surface area (Å²) in [6.45, 7) is -0.872. The molecule has 2 radical (unpaired) electrons. The smallest absolute Gasteiger partial charge is 0.431 e. The van der Waals surface area contributed by atoms with Crippen LogP contribution in [-0.4, -0.2) is 62.4 Å². The molecule has 1 aliphatic rings. The summed E-state index contributed by atoms with van der Waals surface area (Å²) in [7, 11) is 7.47. The van der Waals surface area contributed by atoms with E-state index in [-0.39, 0.29) is 19.1 Å². The van der Waals surface area contributed by atoms with Crippen LogP contribution in [0.1, 0.15) is 38.2 Å². The van der Waals surface area contributed by atoms with Gasteiger partial charge < -0.3 is 33.5 Å². The van der Waals surface area contributed by atoms with Crippen LogP contribution in [0.5, 0.6) is 0 Å². The first-order chi connectivity index (χ1) is 16.7. The van der Waals surface area contributed by atoms with Crippen LogP contribution < -0.4 is 5.32 Å². The minimum absolute atomic E-state index is 0.0837. The van der Waals surface area contributed by atoms with Crippen molar-refractivity contribution >= 4 is 49.7 Å². The lowest BCUT2D eigenvalue weighted by molar-refractivity contribution is -0.0272. The number of unbranched alkanes of at least 4 members (excludes halogenated alkanes) is 2. The van der Waals surface area contributed by atoms with Gasteiger partial charge in [0, 0.05) is 25.6 Å². The first-order valence-electron chi connectivity index (χ1n) is 11.4. The maximum absolute atomic E-state index is 12.1. The van der Waals surface area contributed by atoms with Crippen molar-refractivity contribution in [3.63, 3.8) is 0 Å². The zero-order chi connectivity index (χ0) is 25.7. The van der Waals surface area contributed by atoms with Gasteiger partial charge in [-0.25, -0.2) is 4.79 Å². The van der Waals surface area contributed by atoms with Crippen molar-refractivity contribution in [2.24, 2.45) is 5.92 Å². The first kappa shape index (κ1) is 29.9. The number of hydrogen-bond acceptors (Lipinski definition) is 8. The summed E-state index contributed by atoms with van der Waals surface area (Å²) in [6, 6.07) is 8.55. The summed E-state index contributed by atoms with van der Waals surface area (Å²) in [5.74, 6) is -0.316. The average molecular weight is 541 g/mol. The predicted molar refractivity (Wildman–Crippen MR) is 143 cm³/mol. The van der Waals surface area contributed by atoms with Crippen molar-refractivity contribution in [1.82, 2.24) is 5.32 Å². The second kappa shape index (κ2) is 15.7. The number of carbonyl (C=O) groups is 1. The van der Waals surface area contributed by atoms with Crippen LogP contribution in [0.2, 0.25) is 0 Å². The molecule has 5 atom stereocenters. The number of allylic oxidation sites excluding steroid dienone is 2. The monoisotopic (exact) mass is 541 g/mol. The number of ether oxygens (including phenoxy) is 3. The maximum Gasteiger partial charge on any atom is 0.508 e. The fourth-order valence-electron chi connectivity index (χ4n) is 3.52. The topological polar surface area (TPSA) is 95.5 Å². The Morgan fingerprint density at radius 2 is 2.00 bits per heavy atom. The third kappa shape index (κ3) is 11.5. The molecule has 2 N–H and O–H groups in total. The van der Waals surface area contributed by atoms with E-state index in [9.17, 15) is 9.69 Å². The highest BCUT2D eigenvalue weighted by Crippen LogP contribution is 2.48. The predicted octanol–water partition coefficient (Wildman–Crippen LogP) is 4.15. The minimum atomic E-state index is -3.51. The molecule has 192 valence electrons. The molecule has 0 bridgehead atoms. The maximum atomic E-state index is 12.1. The normalized spacial score (nSPS) is 23.6. The van der Waals surface area contributed by atoms with Gasteiger partial charge in [-0.15, -0.1) is 0 Å². The SMILES string of the molecule is [B][C@@H]1O[C@H](COC(=O)OCc2ccccc2)[C@H](OP(O)(=S)OC)C1C/C=C/CCCCNC(C)=S. The van der Waals surface area contributed by atoms with E-state index in [4.69, 9.17) is 55.1 Å². The Balaban J connectivity index is 1.87. The molecular formula is C23H33BNO7PS2. The zero-order valence-corrected chi connectivity index (χ0v) is 22.6. The molecule has 8 nitrogen and oxygen atoms in total. The molecule has 1 fully saturated rings. The van der Waals surface area contributed by atoms with Crippen molar-refractivity contribution in [2.45, 2.75) is 57.4 Å². The summed E-state index contributed by atoms with van der Waals surface area (Å²) in [6.07, 6.45) is 5.25. The second-order valence-corrected chi connectivity index (χ2v) is 11.6. The quantitative estimate of drug-likeness (QED) is 0.0894. The fourth-order valence-corrected chi connectivity index (χ4v) is 4.61. The van der Waals surface area contributed by atoms with Crippen molar-refractivity contribution in [3.8, 4) is 0 Å². The molecule has 2 unspecified atom stereocenters. The van der Waals surface area contributed by atoms with E-state index < -0.39 is 31.1 Å². The number of thiocarbonyl (C=S) groups is 1. The Labute approximate surface area is 219 Å². The van der Waals surface area contributed by atoms with Gasteiger partial charge >= 0.3 is 12.9 Å². The van der Waals surface area contributed by atoms with Gasteiger partial charge in [-0.3, -0.25) is 0 Å². The molecule has 0 aliphatic carbocycles.